The number of hydrogen-bond donors (Lipinski definition) is 0. The maximum atomic E-state index is 11.0. The van der Waals surface area contributed by atoms with Crippen molar-refractivity contribution in [3.05, 3.63) is 0 Å². The molecule has 4 aliphatic rings. The van der Waals surface area contributed by atoms with E-state index in [9.17, 15) is 5.11 Å². The van der Waals surface area contributed by atoms with E-state index in [1.807, 2.05) is 0 Å². The average Bonchev–Trinajstić information content (AvgIpc) is 2.02. The third-order valence-electron chi connectivity index (χ3n) is 4.61. The topological polar surface area (TPSA) is 19.9 Å². The van der Waals surface area contributed by atoms with Crippen LogP contribution in [0.5, 0.6) is 0 Å². The molecule has 0 N–H and O–H groups in total. The van der Waals surface area contributed by atoms with Crippen LogP contribution in [0.1, 0.15) is 32.1 Å². The summed E-state index contributed by atoms with van der Waals surface area (Å²) in [6, 6.07) is 0. The van der Waals surface area contributed by atoms with Crippen molar-refractivity contribution in [2.24, 2.45) is 29.6 Å². The van der Waals surface area contributed by atoms with Gasteiger partial charge in [0.05, 0.1) is 6.61 Å². The molecule has 12 heavy (non-hydrogen) atoms. The lowest BCUT2D eigenvalue weighted by molar-refractivity contribution is -0.0685. The molecule has 1 nitrogen and oxygen atoms in total. The molecule has 0 aromatic heterocycles. The number of rotatable bonds is 1. The molecule has 4 bridgehead atoms. The summed E-state index contributed by atoms with van der Waals surface area (Å²) in [4.78, 5) is 0. The lowest BCUT2D eigenvalue weighted by Gasteiger charge is -2.53. The van der Waals surface area contributed by atoms with E-state index in [4.69, 9.17) is 0 Å². The van der Waals surface area contributed by atoms with Gasteiger partial charge in [-0.25, -0.2) is 5.11 Å². The fraction of sp³-hybridized carbons (Fsp3) is 1.00. The molecule has 4 rings (SSSR count). The van der Waals surface area contributed by atoms with E-state index in [0.717, 1.165) is 23.7 Å². The Morgan fingerprint density at radius 2 is 1.33 bits per heavy atom. The molecular weight excluding hydrogens is 148 g/mol. The standard InChI is InChI=1S/C11H17O/c12-6-11-9-2-7-1-8(4-9)5-10(11)3-7/h7-11H,1-6H2. The van der Waals surface area contributed by atoms with Gasteiger partial charge in [-0.05, 0) is 61.7 Å². The fourth-order valence-corrected chi connectivity index (χ4v) is 4.31. The molecule has 0 unspecified atom stereocenters. The summed E-state index contributed by atoms with van der Waals surface area (Å²) < 4.78 is 0. The van der Waals surface area contributed by atoms with Crippen molar-refractivity contribution in [1.29, 1.82) is 0 Å². The van der Waals surface area contributed by atoms with Gasteiger partial charge < -0.3 is 0 Å². The second kappa shape index (κ2) is 2.47. The molecular formula is C11H17O. The maximum Gasteiger partial charge on any atom is 0.0855 e. The SMILES string of the molecule is [O]CC1C2CC3CC(C2)CC1C3. The monoisotopic (exact) mass is 165 g/mol. The molecule has 0 atom stereocenters. The van der Waals surface area contributed by atoms with Crippen LogP contribution in [0.15, 0.2) is 0 Å². The van der Waals surface area contributed by atoms with Crippen LogP contribution in [-0.2, 0) is 5.11 Å². The minimum Gasteiger partial charge on any atom is -0.236 e. The summed E-state index contributed by atoms with van der Waals surface area (Å²) in [6.45, 7) is 0.217. The summed E-state index contributed by atoms with van der Waals surface area (Å²) in [5, 5.41) is 11.0. The number of hydrogen-bond acceptors (Lipinski definition) is 0. The minimum atomic E-state index is 0.217. The van der Waals surface area contributed by atoms with Crippen LogP contribution in [0.25, 0.3) is 0 Å². The van der Waals surface area contributed by atoms with E-state index < -0.39 is 0 Å². The highest BCUT2D eigenvalue weighted by Crippen LogP contribution is 2.56. The van der Waals surface area contributed by atoms with Crippen LogP contribution >= 0.6 is 0 Å². The van der Waals surface area contributed by atoms with Crippen molar-refractivity contribution < 1.29 is 5.11 Å². The molecule has 0 saturated heterocycles. The Bertz CT molecular complexity index is 159. The van der Waals surface area contributed by atoms with Gasteiger partial charge in [0.2, 0.25) is 0 Å². The van der Waals surface area contributed by atoms with Crippen LogP contribution in [0.4, 0.5) is 0 Å². The summed E-state index contributed by atoms with van der Waals surface area (Å²) >= 11 is 0. The zero-order valence-electron chi connectivity index (χ0n) is 7.54. The normalized spacial score (nSPS) is 56.2. The molecule has 4 fully saturated rings. The summed E-state index contributed by atoms with van der Waals surface area (Å²) in [7, 11) is 0. The average molecular weight is 165 g/mol. The summed E-state index contributed by atoms with van der Waals surface area (Å²) in [5.74, 6) is 4.32. The van der Waals surface area contributed by atoms with Crippen LogP contribution in [0.3, 0.4) is 0 Å². The van der Waals surface area contributed by atoms with E-state index in [2.05, 4.69) is 0 Å². The van der Waals surface area contributed by atoms with Gasteiger partial charge in [0.1, 0.15) is 0 Å². The van der Waals surface area contributed by atoms with Crippen LogP contribution < -0.4 is 0 Å². The van der Waals surface area contributed by atoms with Crippen molar-refractivity contribution in [3.8, 4) is 0 Å². The van der Waals surface area contributed by atoms with Crippen LogP contribution in [0, 0.1) is 29.6 Å². The van der Waals surface area contributed by atoms with E-state index in [1.54, 1.807) is 0 Å². The molecule has 0 amide bonds. The molecule has 1 heteroatoms. The predicted molar refractivity (Wildman–Crippen MR) is 46.1 cm³/mol. The highest BCUT2D eigenvalue weighted by molar-refractivity contribution is 4.97. The van der Waals surface area contributed by atoms with Gasteiger partial charge in [-0.1, -0.05) is 0 Å². The van der Waals surface area contributed by atoms with Gasteiger partial charge in [-0.3, -0.25) is 0 Å². The van der Waals surface area contributed by atoms with Crippen molar-refractivity contribution in [2.75, 3.05) is 6.61 Å². The third kappa shape index (κ3) is 0.891. The van der Waals surface area contributed by atoms with E-state index in [1.165, 1.54) is 32.1 Å². The van der Waals surface area contributed by atoms with E-state index in [0.29, 0.717) is 5.92 Å². The Balaban J connectivity index is 1.86. The molecule has 1 radical (unpaired) electrons. The maximum absolute atomic E-state index is 11.0. The molecule has 4 aliphatic carbocycles. The Labute approximate surface area is 74.2 Å². The Morgan fingerprint density at radius 3 is 1.75 bits per heavy atom. The molecule has 0 spiro atoms. The Kier molecular flexibility index (Phi) is 1.52. The van der Waals surface area contributed by atoms with Gasteiger partial charge in [0, 0.05) is 0 Å². The van der Waals surface area contributed by atoms with Crippen molar-refractivity contribution in [1.82, 2.24) is 0 Å². The van der Waals surface area contributed by atoms with Gasteiger partial charge in [-0.15, -0.1) is 0 Å². The third-order valence-corrected chi connectivity index (χ3v) is 4.61. The lowest BCUT2D eigenvalue weighted by Crippen LogP contribution is -2.46. The quantitative estimate of drug-likeness (QED) is 0.569. The smallest absolute Gasteiger partial charge is 0.0855 e. The molecule has 0 aliphatic heterocycles. The van der Waals surface area contributed by atoms with Gasteiger partial charge >= 0.3 is 0 Å². The van der Waals surface area contributed by atoms with Crippen molar-refractivity contribution in [3.63, 3.8) is 0 Å². The minimum absolute atomic E-state index is 0.217. The van der Waals surface area contributed by atoms with Crippen LogP contribution in [0.2, 0.25) is 0 Å². The van der Waals surface area contributed by atoms with E-state index in [-0.39, 0.29) is 6.61 Å². The first-order valence-corrected chi connectivity index (χ1v) is 5.45. The fourth-order valence-electron chi connectivity index (χ4n) is 4.31. The predicted octanol–water partition coefficient (Wildman–Crippen LogP) is 2.49. The zero-order chi connectivity index (χ0) is 8.13. The second-order valence-electron chi connectivity index (χ2n) is 5.26. The van der Waals surface area contributed by atoms with E-state index >= 15 is 0 Å². The lowest BCUT2D eigenvalue weighted by atomic mass is 9.52. The Morgan fingerprint density at radius 1 is 0.833 bits per heavy atom. The second-order valence-corrected chi connectivity index (χ2v) is 5.26. The first-order valence-electron chi connectivity index (χ1n) is 5.45. The summed E-state index contributed by atoms with van der Waals surface area (Å²) in [5.41, 5.74) is 0. The van der Waals surface area contributed by atoms with Crippen molar-refractivity contribution in [2.45, 2.75) is 32.1 Å². The van der Waals surface area contributed by atoms with Crippen molar-refractivity contribution >= 4 is 0 Å². The molecule has 4 saturated carbocycles. The molecule has 0 heterocycles. The summed E-state index contributed by atoms with van der Waals surface area (Å²) in [6.07, 6.45) is 7.11. The highest BCUT2D eigenvalue weighted by atomic mass is 16.3. The van der Waals surface area contributed by atoms with Crippen LogP contribution in [-0.4, -0.2) is 6.61 Å². The zero-order valence-corrected chi connectivity index (χ0v) is 7.54. The highest BCUT2D eigenvalue weighted by Gasteiger charge is 2.47. The van der Waals surface area contributed by atoms with Gasteiger partial charge in [0.25, 0.3) is 0 Å². The van der Waals surface area contributed by atoms with Gasteiger partial charge in [0.15, 0.2) is 0 Å². The first-order chi connectivity index (χ1) is 5.86. The molecule has 0 aromatic rings. The molecule has 0 aromatic carbocycles. The first kappa shape index (κ1) is 7.37. The Hall–Kier alpha value is -0.0400. The van der Waals surface area contributed by atoms with Gasteiger partial charge in [-0.2, -0.15) is 0 Å². The molecule has 67 valence electrons. The largest absolute Gasteiger partial charge is 0.236 e.